The molecule has 1 aromatic heterocycles. The second kappa shape index (κ2) is 5.94. The molecule has 1 atom stereocenters. The molecule has 7 nitrogen and oxygen atoms in total. The number of nitrogens with zero attached hydrogens (tertiary/aromatic N) is 3. The Hall–Kier alpha value is -2.44. The van der Waals surface area contributed by atoms with Gasteiger partial charge in [-0.2, -0.15) is 5.21 Å². The summed E-state index contributed by atoms with van der Waals surface area (Å²) in [5, 5.41) is 16.2. The van der Waals surface area contributed by atoms with E-state index in [4.69, 9.17) is 4.74 Å². The van der Waals surface area contributed by atoms with Crippen LogP contribution >= 0.6 is 0 Å². The minimum Gasteiger partial charge on any atom is -0.494 e. The van der Waals surface area contributed by atoms with E-state index in [1.54, 1.807) is 31.2 Å². The van der Waals surface area contributed by atoms with Gasteiger partial charge in [-0.05, 0) is 38.1 Å². The van der Waals surface area contributed by atoms with E-state index in [2.05, 4.69) is 25.9 Å². The standard InChI is InChI=1S/C12H15N5O2/c1-3-19-10-6-4-9(5-7-10)12(18)13-8(2)11-14-16-17-15-11/h4-8H,3H2,1-2H3,(H,13,18)(H,14,15,16,17). The summed E-state index contributed by atoms with van der Waals surface area (Å²) in [6.07, 6.45) is 0. The normalized spacial score (nSPS) is 11.9. The maximum absolute atomic E-state index is 12.0. The molecular weight excluding hydrogens is 246 g/mol. The molecule has 0 fully saturated rings. The number of aromatic amines is 1. The SMILES string of the molecule is CCOc1ccc(C(=O)NC(C)c2nn[nH]n2)cc1. The van der Waals surface area contributed by atoms with Crippen molar-refractivity contribution in [2.75, 3.05) is 6.61 Å². The number of rotatable bonds is 5. The van der Waals surface area contributed by atoms with Gasteiger partial charge in [0.1, 0.15) is 5.75 Å². The van der Waals surface area contributed by atoms with Crippen molar-refractivity contribution >= 4 is 5.91 Å². The van der Waals surface area contributed by atoms with Gasteiger partial charge in [0.15, 0.2) is 5.82 Å². The zero-order valence-corrected chi connectivity index (χ0v) is 10.8. The summed E-state index contributed by atoms with van der Waals surface area (Å²) >= 11 is 0. The Morgan fingerprint density at radius 3 is 2.74 bits per heavy atom. The summed E-state index contributed by atoms with van der Waals surface area (Å²) in [5.74, 6) is 0.991. The summed E-state index contributed by atoms with van der Waals surface area (Å²) in [5.41, 5.74) is 0.554. The van der Waals surface area contributed by atoms with Crippen LogP contribution in [0, 0.1) is 0 Å². The number of tetrazole rings is 1. The average Bonchev–Trinajstić information content (AvgIpc) is 2.94. The van der Waals surface area contributed by atoms with Crippen LogP contribution in [-0.2, 0) is 0 Å². The lowest BCUT2D eigenvalue weighted by Crippen LogP contribution is -2.27. The van der Waals surface area contributed by atoms with E-state index in [1.165, 1.54) is 0 Å². The van der Waals surface area contributed by atoms with Crippen molar-refractivity contribution < 1.29 is 9.53 Å². The number of nitrogens with one attached hydrogen (secondary N) is 2. The van der Waals surface area contributed by atoms with E-state index in [9.17, 15) is 4.79 Å². The van der Waals surface area contributed by atoms with Crippen molar-refractivity contribution in [1.29, 1.82) is 0 Å². The van der Waals surface area contributed by atoms with Crippen LogP contribution in [0.2, 0.25) is 0 Å². The monoisotopic (exact) mass is 261 g/mol. The van der Waals surface area contributed by atoms with Crippen LogP contribution in [0.25, 0.3) is 0 Å². The van der Waals surface area contributed by atoms with Gasteiger partial charge < -0.3 is 10.1 Å². The molecule has 2 rings (SSSR count). The van der Waals surface area contributed by atoms with Gasteiger partial charge in [-0.3, -0.25) is 4.79 Å². The summed E-state index contributed by atoms with van der Waals surface area (Å²) < 4.78 is 5.32. The first-order valence-corrected chi connectivity index (χ1v) is 5.97. The van der Waals surface area contributed by atoms with Crippen molar-refractivity contribution in [1.82, 2.24) is 25.9 Å². The smallest absolute Gasteiger partial charge is 0.251 e. The molecule has 2 N–H and O–H groups in total. The molecule has 1 aromatic carbocycles. The Bertz CT molecular complexity index is 524. The van der Waals surface area contributed by atoms with E-state index >= 15 is 0 Å². The van der Waals surface area contributed by atoms with E-state index in [0.29, 0.717) is 18.0 Å². The second-order valence-electron chi connectivity index (χ2n) is 3.92. The summed E-state index contributed by atoms with van der Waals surface area (Å²) in [6.45, 7) is 4.30. The molecule has 1 heterocycles. The molecule has 1 unspecified atom stereocenters. The third kappa shape index (κ3) is 3.27. The molecule has 100 valence electrons. The minimum atomic E-state index is -0.308. The number of aromatic nitrogens is 4. The molecule has 0 bridgehead atoms. The lowest BCUT2D eigenvalue weighted by Gasteiger charge is -2.10. The first-order chi connectivity index (χ1) is 9.20. The molecule has 0 aliphatic carbocycles. The van der Waals surface area contributed by atoms with E-state index < -0.39 is 0 Å². The predicted octanol–water partition coefficient (Wildman–Crippen LogP) is 1.09. The number of amides is 1. The van der Waals surface area contributed by atoms with Gasteiger partial charge in [0.05, 0.1) is 12.6 Å². The molecule has 0 spiro atoms. The Morgan fingerprint density at radius 2 is 2.16 bits per heavy atom. The predicted molar refractivity (Wildman–Crippen MR) is 67.7 cm³/mol. The number of hydrogen-bond acceptors (Lipinski definition) is 5. The summed E-state index contributed by atoms with van der Waals surface area (Å²) in [4.78, 5) is 12.0. The lowest BCUT2D eigenvalue weighted by molar-refractivity contribution is 0.0938. The van der Waals surface area contributed by atoms with Gasteiger partial charge in [0.25, 0.3) is 5.91 Å². The number of hydrogen-bond donors (Lipinski definition) is 2. The first-order valence-electron chi connectivity index (χ1n) is 5.97. The van der Waals surface area contributed by atoms with Crippen LogP contribution in [0.3, 0.4) is 0 Å². The molecular formula is C12H15N5O2. The molecule has 7 heteroatoms. The van der Waals surface area contributed by atoms with Crippen molar-refractivity contribution in [2.24, 2.45) is 0 Å². The van der Waals surface area contributed by atoms with Crippen LogP contribution in [0.5, 0.6) is 5.75 Å². The number of carbonyl (C=O) groups excluding carboxylic acids is 1. The van der Waals surface area contributed by atoms with Crippen LogP contribution in [0.4, 0.5) is 0 Å². The molecule has 0 saturated heterocycles. The Morgan fingerprint density at radius 1 is 1.42 bits per heavy atom. The molecule has 1 amide bonds. The topological polar surface area (TPSA) is 92.8 Å². The van der Waals surface area contributed by atoms with Gasteiger partial charge in [-0.15, -0.1) is 10.2 Å². The fraction of sp³-hybridized carbons (Fsp3) is 0.333. The molecule has 0 saturated carbocycles. The zero-order chi connectivity index (χ0) is 13.7. The molecule has 0 aliphatic heterocycles. The minimum absolute atomic E-state index is 0.194. The van der Waals surface area contributed by atoms with Gasteiger partial charge in [-0.25, -0.2) is 0 Å². The average molecular weight is 261 g/mol. The Labute approximate surface area is 110 Å². The molecule has 19 heavy (non-hydrogen) atoms. The van der Waals surface area contributed by atoms with Crippen LogP contribution in [-0.4, -0.2) is 33.1 Å². The highest BCUT2D eigenvalue weighted by Gasteiger charge is 2.14. The fourth-order valence-electron chi connectivity index (χ4n) is 1.57. The number of carbonyl (C=O) groups is 1. The van der Waals surface area contributed by atoms with Crippen molar-refractivity contribution in [3.05, 3.63) is 35.7 Å². The maximum atomic E-state index is 12.0. The fourth-order valence-corrected chi connectivity index (χ4v) is 1.57. The second-order valence-corrected chi connectivity index (χ2v) is 3.92. The number of benzene rings is 1. The van der Waals surface area contributed by atoms with Gasteiger partial charge >= 0.3 is 0 Å². The van der Waals surface area contributed by atoms with Gasteiger partial charge in [-0.1, -0.05) is 5.21 Å². The van der Waals surface area contributed by atoms with Crippen molar-refractivity contribution in [3.63, 3.8) is 0 Å². The largest absolute Gasteiger partial charge is 0.494 e. The van der Waals surface area contributed by atoms with Crippen LogP contribution < -0.4 is 10.1 Å². The third-order valence-electron chi connectivity index (χ3n) is 2.52. The first kappa shape index (κ1) is 13.0. The summed E-state index contributed by atoms with van der Waals surface area (Å²) in [6, 6.07) is 6.64. The quantitative estimate of drug-likeness (QED) is 0.840. The highest BCUT2D eigenvalue weighted by atomic mass is 16.5. The van der Waals surface area contributed by atoms with Crippen molar-refractivity contribution in [3.8, 4) is 5.75 Å². The maximum Gasteiger partial charge on any atom is 0.251 e. The molecule has 2 aromatic rings. The van der Waals surface area contributed by atoms with E-state index in [1.807, 2.05) is 6.92 Å². The Kier molecular flexibility index (Phi) is 4.07. The van der Waals surface area contributed by atoms with Crippen molar-refractivity contribution in [2.45, 2.75) is 19.9 Å². The van der Waals surface area contributed by atoms with E-state index in [0.717, 1.165) is 5.75 Å². The summed E-state index contributed by atoms with van der Waals surface area (Å²) in [7, 11) is 0. The van der Waals surface area contributed by atoms with Gasteiger partial charge in [0.2, 0.25) is 0 Å². The number of H-pyrrole nitrogens is 1. The highest BCUT2D eigenvalue weighted by molar-refractivity contribution is 5.94. The highest BCUT2D eigenvalue weighted by Crippen LogP contribution is 2.13. The zero-order valence-electron chi connectivity index (χ0n) is 10.8. The number of ether oxygens (including phenoxy) is 1. The van der Waals surface area contributed by atoms with E-state index in [-0.39, 0.29) is 11.9 Å². The third-order valence-corrected chi connectivity index (χ3v) is 2.52. The Balaban J connectivity index is 1.99. The molecule has 0 aliphatic rings. The van der Waals surface area contributed by atoms with Crippen LogP contribution in [0.15, 0.2) is 24.3 Å². The van der Waals surface area contributed by atoms with Crippen LogP contribution in [0.1, 0.15) is 36.1 Å². The lowest BCUT2D eigenvalue weighted by atomic mass is 10.2. The van der Waals surface area contributed by atoms with Gasteiger partial charge in [0, 0.05) is 5.56 Å². The molecule has 0 radical (unpaired) electrons.